The third kappa shape index (κ3) is 3.14. The highest BCUT2D eigenvalue weighted by molar-refractivity contribution is 9.10. The maximum Gasteiger partial charge on any atom is 0.191 e. The zero-order valence-corrected chi connectivity index (χ0v) is 8.40. The zero-order chi connectivity index (χ0) is 8.10. The Kier molecular flexibility index (Phi) is 3.77. The van der Waals surface area contributed by atoms with Gasteiger partial charge in [0, 0.05) is 20.1 Å². The lowest BCUT2D eigenvalue weighted by molar-refractivity contribution is 0.140. The van der Waals surface area contributed by atoms with Gasteiger partial charge in [0.2, 0.25) is 0 Å². The van der Waals surface area contributed by atoms with Crippen LogP contribution in [0.25, 0.3) is 0 Å². The second-order valence-electron chi connectivity index (χ2n) is 1.77. The summed E-state index contributed by atoms with van der Waals surface area (Å²) in [7, 11) is 2.11. The Morgan fingerprint density at radius 2 is 2.36 bits per heavy atom. The highest BCUT2D eigenvalue weighted by atomic mass is 79.9. The van der Waals surface area contributed by atoms with Crippen LogP contribution < -0.4 is 4.74 Å². The van der Waals surface area contributed by atoms with Gasteiger partial charge in [-0.3, -0.25) is 4.98 Å². The molecule has 0 aliphatic heterocycles. The maximum atomic E-state index is 5.10. The second kappa shape index (κ2) is 4.65. The van der Waals surface area contributed by atoms with Gasteiger partial charge in [-0.15, -0.1) is 0 Å². The predicted molar refractivity (Wildman–Crippen MR) is 48.2 cm³/mol. The summed E-state index contributed by atoms with van der Waals surface area (Å²) in [5.74, 6) is 0.682. The van der Waals surface area contributed by atoms with E-state index in [0.29, 0.717) is 5.75 Å². The first-order valence-corrected chi connectivity index (χ1v) is 4.14. The largest absolute Gasteiger partial charge is 0.466 e. The number of pyridine rings is 1. The Balaban J connectivity index is 2.56. The van der Waals surface area contributed by atoms with E-state index in [9.17, 15) is 0 Å². The quantitative estimate of drug-likeness (QED) is 0.594. The first-order valence-electron chi connectivity index (χ1n) is 2.88. The van der Waals surface area contributed by atoms with Crippen LogP contribution >= 0.6 is 25.4 Å². The van der Waals surface area contributed by atoms with Crippen molar-refractivity contribution in [2.24, 2.45) is 0 Å². The highest BCUT2D eigenvalue weighted by Gasteiger charge is 1.93. The third-order valence-electron chi connectivity index (χ3n) is 0.973. The number of aromatic nitrogens is 1. The summed E-state index contributed by atoms with van der Waals surface area (Å²) >= 11 is 3.27. The average Bonchev–Trinajstić information content (AvgIpc) is 2.01. The third-order valence-corrected chi connectivity index (χ3v) is 1.54. The number of hydrogen-bond acceptors (Lipinski definition) is 3. The average molecular weight is 236 g/mol. The van der Waals surface area contributed by atoms with Gasteiger partial charge in [-0.05, 0) is 22.0 Å². The zero-order valence-electron chi connectivity index (χ0n) is 5.66. The second-order valence-corrected chi connectivity index (χ2v) is 3.02. The fourth-order valence-electron chi connectivity index (χ4n) is 0.573. The summed E-state index contributed by atoms with van der Waals surface area (Å²) in [6.07, 6.45) is 3.31. The van der Waals surface area contributed by atoms with E-state index < -0.39 is 0 Å². The molecule has 60 valence electrons. The molecular formula is C6H7BrNO2P. The van der Waals surface area contributed by atoms with Crippen molar-refractivity contribution < 1.29 is 9.26 Å². The van der Waals surface area contributed by atoms with E-state index in [0.717, 1.165) is 4.47 Å². The van der Waals surface area contributed by atoms with Gasteiger partial charge in [0.15, 0.2) is 6.79 Å². The molecule has 1 unspecified atom stereocenters. The van der Waals surface area contributed by atoms with Gasteiger partial charge in [-0.1, -0.05) is 0 Å². The summed E-state index contributed by atoms with van der Waals surface area (Å²) in [4.78, 5) is 3.90. The lowest BCUT2D eigenvalue weighted by Gasteiger charge is -2.02. The molecule has 1 heterocycles. The van der Waals surface area contributed by atoms with E-state index in [4.69, 9.17) is 4.74 Å². The lowest BCUT2D eigenvalue weighted by atomic mass is 10.5. The number of ether oxygens (including phenoxy) is 1. The summed E-state index contributed by atoms with van der Waals surface area (Å²) in [6.45, 7) is 0.211. The first-order chi connectivity index (χ1) is 5.33. The van der Waals surface area contributed by atoms with Gasteiger partial charge in [0.1, 0.15) is 5.75 Å². The Labute approximate surface area is 75.5 Å². The van der Waals surface area contributed by atoms with Gasteiger partial charge >= 0.3 is 0 Å². The van der Waals surface area contributed by atoms with Crippen molar-refractivity contribution >= 4 is 25.4 Å². The molecule has 0 fully saturated rings. The molecule has 0 N–H and O–H groups in total. The molecule has 0 aliphatic carbocycles. The van der Waals surface area contributed by atoms with Gasteiger partial charge in [-0.25, -0.2) is 0 Å². The fraction of sp³-hybridized carbons (Fsp3) is 0.167. The molecule has 0 amide bonds. The molecule has 0 aromatic carbocycles. The van der Waals surface area contributed by atoms with Crippen LogP contribution in [0.2, 0.25) is 0 Å². The van der Waals surface area contributed by atoms with E-state index in [1.165, 1.54) is 0 Å². The highest BCUT2D eigenvalue weighted by Crippen LogP contribution is 2.15. The van der Waals surface area contributed by atoms with Crippen LogP contribution in [0.15, 0.2) is 22.9 Å². The molecular weight excluding hydrogens is 229 g/mol. The molecule has 5 heteroatoms. The molecule has 0 radical (unpaired) electrons. The maximum absolute atomic E-state index is 5.10. The van der Waals surface area contributed by atoms with E-state index in [1.54, 1.807) is 12.4 Å². The van der Waals surface area contributed by atoms with Crippen molar-refractivity contribution in [2.45, 2.75) is 0 Å². The van der Waals surface area contributed by atoms with Crippen molar-refractivity contribution in [3.8, 4) is 5.75 Å². The Bertz CT molecular complexity index is 234. The van der Waals surface area contributed by atoms with Crippen molar-refractivity contribution in [1.82, 2.24) is 4.98 Å². The van der Waals surface area contributed by atoms with Crippen LogP contribution in [-0.2, 0) is 4.52 Å². The molecule has 3 nitrogen and oxygen atoms in total. The molecule has 1 aromatic rings. The van der Waals surface area contributed by atoms with E-state index >= 15 is 0 Å². The normalized spacial score (nSPS) is 9.64. The van der Waals surface area contributed by atoms with Gasteiger partial charge in [0.25, 0.3) is 0 Å². The summed E-state index contributed by atoms with van der Waals surface area (Å²) in [5, 5.41) is 0. The smallest absolute Gasteiger partial charge is 0.191 e. The Morgan fingerprint density at radius 3 is 3.00 bits per heavy atom. The molecule has 0 bridgehead atoms. The standard InChI is InChI=1S/C6H7BrNO2P/c7-5-1-6(3-8-2-5)9-4-10-11/h1-3H,4,11H2. The van der Waals surface area contributed by atoms with Crippen LogP contribution in [0.4, 0.5) is 0 Å². The Morgan fingerprint density at radius 1 is 1.55 bits per heavy atom. The predicted octanol–water partition coefficient (Wildman–Crippen LogP) is 1.99. The minimum absolute atomic E-state index is 0.211. The van der Waals surface area contributed by atoms with Crippen LogP contribution in [0.5, 0.6) is 5.75 Å². The number of nitrogens with zero attached hydrogens (tertiary/aromatic N) is 1. The molecule has 1 rings (SSSR count). The van der Waals surface area contributed by atoms with Gasteiger partial charge < -0.3 is 9.26 Å². The van der Waals surface area contributed by atoms with E-state index in [1.807, 2.05) is 6.07 Å². The molecule has 0 aliphatic rings. The van der Waals surface area contributed by atoms with Crippen molar-refractivity contribution in [2.75, 3.05) is 6.79 Å². The number of halogens is 1. The van der Waals surface area contributed by atoms with E-state index in [-0.39, 0.29) is 6.79 Å². The topological polar surface area (TPSA) is 31.4 Å². The Hall–Kier alpha value is -0.180. The molecule has 0 saturated carbocycles. The van der Waals surface area contributed by atoms with E-state index in [2.05, 4.69) is 34.9 Å². The summed E-state index contributed by atoms with van der Waals surface area (Å²) in [6, 6.07) is 1.82. The molecule has 0 spiro atoms. The SMILES string of the molecule is POCOc1cncc(Br)c1. The molecule has 11 heavy (non-hydrogen) atoms. The van der Waals surface area contributed by atoms with Crippen LogP contribution in [-0.4, -0.2) is 11.8 Å². The molecule has 1 atom stereocenters. The fourth-order valence-corrected chi connectivity index (χ4v) is 0.985. The van der Waals surface area contributed by atoms with Crippen molar-refractivity contribution in [3.05, 3.63) is 22.9 Å². The number of rotatable bonds is 3. The minimum atomic E-state index is 0.211. The first kappa shape index (κ1) is 8.91. The molecule has 1 aromatic heterocycles. The van der Waals surface area contributed by atoms with Crippen molar-refractivity contribution in [3.63, 3.8) is 0 Å². The van der Waals surface area contributed by atoms with Crippen LogP contribution in [0, 0.1) is 0 Å². The molecule has 0 saturated heterocycles. The van der Waals surface area contributed by atoms with Crippen molar-refractivity contribution in [1.29, 1.82) is 0 Å². The monoisotopic (exact) mass is 235 g/mol. The number of hydrogen-bond donors (Lipinski definition) is 0. The van der Waals surface area contributed by atoms with Gasteiger partial charge in [-0.2, -0.15) is 0 Å². The summed E-state index contributed by atoms with van der Waals surface area (Å²) in [5.41, 5.74) is 0. The lowest BCUT2D eigenvalue weighted by Crippen LogP contribution is -1.95. The van der Waals surface area contributed by atoms with Gasteiger partial charge in [0.05, 0.1) is 6.20 Å². The van der Waals surface area contributed by atoms with Crippen LogP contribution in [0.3, 0.4) is 0 Å². The summed E-state index contributed by atoms with van der Waals surface area (Å²) < 4.78 is 10.6. The minimum Gasteiger partial charge on any atom is -0.466 e. The van der Waals surface area contributed by atoms with Crippen LogP contribution in [0.1, 0.15) is 0 Å².